The number of nitrogens with zero attached hydrogens (tertiary/aromatic N) is 2. The second-order valence-electron chi connectivity index (χ2n) is 8.35. The summed E-state index contributed by atoms with van der Waals surface area (Å²) >= 11 is 6.33. The zero-order chi connectivity index (χ0) is 25.0. The van der Waals surface area contributed by atoms with Gasteiger partial charge < -0.3 is 19.9 Å². The summed E-state index contributed by atoms with van der Waals surface area (Å²) in [6.45, 7) is -0.433. The third-order valence-electron chi connectivity index (χ3n) is 6.33. The van der Waals surface area contributed by atoms with Crippen molar-refractivity contribution in [2.45, 2.75) is 25.4 Å². The SMILES string of the molecule is O=C(NCc1c(F)cc(F)cc1F)c1cn2c(c(O)c1=O)C(=O)N1CC2CCc2c(Cl)cccc21. The number of carbonyl (C=O) groups excluding carboxylic acids is 2. The first-order valence-corrected chi connectivity index (χ1v) is 11.0. The number of rotatable bonds is 3. The highest BCUT2D eigenvalue weighted by Crippen LogP contribution is 2.39. The molecule has 2 aliphatic rings. The van der Waals surface area contributed by atoms with Crippen LogP contribution in [0.15, 0.2) is 41.3 Å². The van der Waals surface area contributed by atoms with Gasteiger partial charge in [-0.25, -0.2) is 13.2 Å². The van der Waals surface area contributed by atoms with Gasteiger partial charge in [0.05, 0.1) is 6.04 Å². The van der Waals surface area contributed by atoms with Crippen LogP contribution in [-0.4, -0.2) is 28.0 Å². The molecule has 2 amide bonds. The molecular weight excluding hydrogens is 487 g/mol. The van der Waals surface area contributed by atoms with E-state index in [0.717, 1.165) is 5.56 Å². The van der Waals surface area contributed by atoms with Gasteiger partial charge in [0, 0.05) is 47.7 Å². The van der Waals surface area contributed by atoms with Gasteiger partial charge in [0.15, 0.2) is 11.4 Å². The van der Waals surface area contributed by atoms with Gasteiger partial charge in [-0.05, 0) is 30.5 Å². The number of benzene rings is 2. The summed E-state index contributed by atoms with van der Waals surface area (Å²) in [4.78, 5) is 40.3. The van der Waals surface area contributed by atoms with Crippen molar-refractivity contribution in [3.8, 4) is 5.75 Å². The summed E-state index contributed by atoms with van der Waals surface area (Å²) < 4.78 is 42.3. The molecule has 1 unspecified atom stereocenters. The average Bonchev–Trinajstić information content (AvgIpc) is 2.98. The molecular formula is C24H17ClF3N3O4. The minimum absolute atomic E-state index is 0.231. The first kappa shape index (κ1) is 23.0. The lowest BCUT2D eigenvalue weighted by atomic mass is 10.0. The quantitative estimate of drug-likeness (QED) is 0.570. The normalized spacial score (nSPS) is 16.4. The van der Waals surface area contributed by atoms with E-state index in [9.17, 15) is 32.7 Å². The zero-order valence-corrected chi connectivity index (χ0v) is 18.7. The number of nitrogens with one attached hydrogen (secondary N) is 1. The molecule has 0 saturated heterocycles. The Kier molecular flexibility index (Phi) is 5.55. The predicted molar refractivity (Wildman–Crippen MR) is 120 cm³/mol. The molecule has 2 N–H and O–H groups in total. The van der Waals surface area contributed by atoms with Crippen molar-refractivity contribution in [1.82, 2.24) is 9.88 Å². The molecule has 1 atom stereocenters. The van der Waals surface area contributed by atoms with Crippen molar-refractivity contribution in [3.63, 3.8) is 0 Å². The third kappa shape index (κ3) is 3.74. The Morgan fingerprint density at radius 3 is 2.60 bits per heavy atom. The highest BCUT2D eigenvalue weighted by atomic mass is 35.5. The van der Waals surface area contributed by atoms with Crippen LogP contribution >= 0.6 is 11.6 Å². The molecule has 35 heavy (non-hydrogen) atoms. The van der Waals surface area contributed by atoms with Crippen molar-refractivity contribution in [1.29, 1.82) is 0 Å². The maximum absolute atomic E-state index is 13.9. The van der Waals surface area contributed by atoms with Crippen molar-refractivity contribution in [2.75, 3.05) is 11.4 Å². The molecule has 11 heteroatoms. The Hall–Kier alpha value is -3.79. The fourth-order valence-corrected chi connectivity index (χ4v) is 4.86. The molecule has 0 saturated carbocycles. The summed E-state index contributed by atoms with van der Waals surface area (Å²) in [7, 11) is 0. The maximum atomic E-state index is 13.9. The number of aromatic nitrogens is 1. The van der Waals surface area contributed by atoms with E-state index in [1.165, 1.54) is 15.7 Å². The molecule has 180 valence electrons. The Bertz CT molecular complexity index is 1450. The first-order valence-electron chi connectivity index (χ1n) is 10.7. The minimum atomic E-state index is -1.20. The Labute approximate surface area is 201 Å². The number of halogens is 4. The lowest BCUT2D eigenvalue weighted by Gasteiger charge is -2.35. The van der Waals surface area contributed by atoms with Crippen LogP contribution in [0, 0.1) is 17.5 Å². The van der Waals surface area contributed by atoms with Crippen LogP contribution in [0.1, 0.15) is 44.4 Å². The Morgan fingerprint density at radius 1 is 1.17 bits per heavy atom. The van der Waals surface area contributed by atoms with Gasteiger partial charge in [0.1, 0.15) is 23.0 Å². The molecule has 3 aromatic rings. The van der Waals surface area contributed by atoms with E-state index in [1.807, 2.05) is 0 Å². The summed E-state index contributed by atoms with van der Waals surface area (Å²) in [5, 5.41) is 13.4. The van der Waals surface area contributed by atoms with Crippen LogP contribution in [0.2, 0.25) is 5.02 Å². The molecule has 2 aliphatic heterocycles. The number of hydrogen-bond donors (Lipinski definition) is 2. The molecule has 0 spiro atoms. The zero-order valence-electron chi connectivity index (χ0n) is 17.9. The van der Waals surface area contributed by atoms with Crippen LogP contribution < -0.4 is 15.6 Å². The average molecular weight is 504 g/mol. The van der Waals surface area contributed by atoms with Gasteiger partial charge in [-0.2, -0.15) is 0 Å². The predicted octanol–water partition coefficient (Wildman–Crippen LogP) is 3.70. The Balaban J connectivity index is 1.51. The third-order valence-corrected chi connectivity index (χ3v) is 6.69. The van der Waals surface area contributed by atoms with E-state index in [-0.39, 0.29) is 18.3 Å². The highest BCUT2D eigenvalue weighted by Gasteiger charge is 2.38. The maximum Gasteiger partial charge on any atom is 0.279 e. The summed E-state index contributed by atoms with van der Waals surface area (Å²) in [5.74, 6) is -6.05. The van der Waals surface area contributed by atoms with E-state index in [1.54, 1.807) is 18.2 Å². The van der Waals surface area contributed by atoms with Crippen molar-refractivity contribution >= 4 is 29.1 Å². The van der Waals surface area contributed by atoms with E-state index in [2.05, 4.69) is 5.32 Å². The second-order valence-corrected chi connectivity index (χ2v) is 8.76. The lowest BCUT2D eigenvalue weighted by molar-refractivity contribution is 0.0929. The van der Waals surface area contributed by atoms with Crippen molar-refractivity contribution < 1.29 is 27.9 Å². The first-order chi connectivity index (χ1) is 16.7. The molecule has 1 aromatic heterocycles. The van der Waals surface area contributed by atoms with Gasteiger partial charge in [-0.3, -0.25) is 14.4 Å². The van der Waals surface area contributed by atoms with Crippen LogP contribution in [0.4, 0.5) is 18.9 Å². The van der Waals surface area contributed by atoms with E-state index in [4.69, 9.17) is 11.6 Å². The number of aromatic hydroxyl groups is 1. The monoisotopic (exact) mass is 503 g/mol. The number of carbonyl (C=O) groups is 2. The topological polar surface area (TPSA) is 91.6 Å². The molecule has 2 bridgehead atoms. The minimum Gasteiger partial charge on any atom is -0.503 e. The van der Waals surface area contributed by atoms with Crippen LogP contribution in [0.3, 0.4) is 0 Å². The van der Waals surface area contributed by atoms with Crippen LogP contribution in [-0.2, 0) is 13.0 Å². The van der Waals surface area contributed by atoms with Gasteiger partial charge in [-0.1, -0.05) is 17.7 Å². The van der Waals surface area contributed by atoms with Gasteiger partial charge in [0.2, 0.25) is 5.43 Å². The molecule has 0 radical (unpaired) electrons. The highest BCUT2D eigenvalue weighted by molar-refractivity contribution is 6.32. The van der Waals surface area contributed by atoms with Gasteiger partial charge >= 0.3 is 0 Å². The summed E-state index contributed by atoms with van der Waals surface area (Å²) in [6, 6.07) is 5.72. The molecule has 7 nitrogen and oxygen atoms in total. The standard InChI is InChI=1S/C24H17ClF3N3O4/c25-16-2-1-3-19-13(16)5-4-12-9-31(19)24(35)20-22(33)21(32)15(10-30(12)20)23(34)29-8-14-17(27)6-11(26)7-18(14)28/h1-3,6-7,10,12,33H,4-5,8-9H2,(H,29,34). The number of amides is 2. The molecule has 5 rings (SSSR count). The lowest BCUT2D eigenvalue weighted by Crippen LogP contribution is -2.44. The van der Waals surface area contributed by atoms with Crippen LogP contribution in [0.25, 0.3) is 0 Å². The van der Waals surface area contributed by atoms with E-state index >= 15 is 0 Å². The van der Waals surface area contributed by atoms with Crippen molar-refractivity contribution in [3.05, 3.63) is 91.6 Å². The smallest absolute Gasteiger partial charge is 0.279 e. The Morgan fingerprint density at radius 2 is 1.89 bits per heavy atom. The number of pyridine rings is 1. The van der Waals surface area contributed by atoms with E-state index < -0.39 is 58.1 Å². The molecule has 3 heterocycles. The summed E-state index contributed by atoms with van der Waals surface area (Å²) in [5.41, 5.74) is -1.10. The fraction of sp³-hybridized carbons (Fsp3) is 0.208. The fourth-order valence-electron chi connectivity index (χ4n) is 4.59. The molecule has 0 aliphatic carbocycles. The summed E-state index contributed by atoms with van der Waals surface area (Å²) in [6.07, 6.45) is 2.19. The number of hydrogen-bond acceptors (Lipinski definition) is 4. The van der Waals surface area contributed by atoms with E-state index in [0.29, 0.717) is 35.7 Å². The number of fused-ring (bicyclic) bond motifs is 6. The van der Waals surface area contributed by atoms with Crippen LogP contribution in [0.5, 0.6) is 5.75 Å². The second kappa shape index (κ2) is 8.46. The molecule has 0 fully saturated rings. The van der Waals surface area contributed by atoms with Gasteiger partial charge in [-0.15, -0.1) is 0 Å². The van der Waals surface area contributed by atoms with Crippen molar-refractivity contribution in [2.24, 2.45) is 0 Å². The molecule has 2 aromatic carbocycles. The largest absolute Gasteiger partial charge is 0.503 e. The van der Waals surface area contributed by atoms with Gasteiger partial charge in [0.25, 0.3) is 11.8 Å². The number of anilines is 1.